The second-order valence-electron chi connectivity index (χ2n) is 6.08. The lowest BCUT2D eigenvalue weighted by Gasteiger charge is -2.18. The van der Waals surface area contributed by atoms with Crippen LogP contribution in [0.5, 0.6) is 5.75 Å². The highest BCUT2D eigenvalue weighted by molar-refractivity contribution is 5.96. The highest BCUT2D eigenvalue weighted by Gasteiger charge is 2.34. The van der Waals surface area contributed by atoms with Gasteiger partial charge in [-0.3, -0.25) is 9.59 Å². The summed E-state index contributed by atoms with van der Waals surface area (Å²) in [6.07, 6.45) is -4.58. The van der Waals surface area contributed by atoms with E-state index < -0.39 is 53.3 Å². The van der Waals surface area contributed by atoms with Crippen LogP contribution in [-0.4, -0.2) is 31.0 Å². The first-order valence-electron chi connectivity index (χ1n) is 8.39. The third kappa shape index (κ3) is 6.44. The van der Waals surface area contributed by atoms with E-state index in [0.717, 1.165) is 24.3 Å². The van der Waals surface area contributed by atoms with Crippen LogP contribution in [0.25, 0.3) is 0 Å². The fourth-order valence-corrected chi connectivity index (χ4v) is 2.34. The maximum absolute atomic E-state index is 13.5. The van der Waals surface area contributed by atoms with Gasteiger partial charge in [-0.15, -0.1) is 0 Å². The smallest absolute Gasteiger partial charge is 0.419 e. The van der Waals surface area contributed by atoms with E-state index in [1.165, 1.54) is 19.1 Å². The molecule has 2 N–H and O–H groups in total. The van der Waals surface area contributed by atoms with Crippen molar-refractivity contribution >= 4 is 11.8 Å². The Kier molecular flexibility index (Phi) is 7.13. The number of rotatable bonds is 7. The predicted octanol–water partition coefficient (Wildman–Crippen LogP) is 3.30. The van der Waals surface area contributed by atoms with Crippen LogP contribution in [0.3, 0.4) is 0 Å². The van der Waals surface area contributed by atoms with E-state index in [2.05, 4.69) is 10.6 Å². The number of benzene rings is 2. The van der Waals surface area contributed by atoms with Crippen molar-refractivity contribution in [2.75, 3.05) is 13.2 Å². The molecule has 0 spiro atoms. The van der Waals surface area contributed by atoms with E-state index in [-0.39, 0.29) is 12.4 Å². The van der Waals surface area contributed by atoms with Crippen molar-refractivity contribution in [3.8, 4) is 5.75 Å². The van der Waals surface area contributed by atoms with Gasteiger partial charge in [0.2, 0.25) is 5.91 Å². The first kappa shape index (κ1) is 22.1. The number of carbonyl (C=O) groups is 2. The minimum Gasteiger partial charge on any atom is -0.491 e. The summed E-state index contributed by atoms with van der Waals surface area (Å²) in [5.74, 6) is -3.88. The maximum atomic E-state index is 13.5. The molecule has 0 saturated carbocycles. The Morgan fingerprint density at radius 1 is 1.10 bits per heavy atom. The van der Waals surface area contributed by atoms with Crippen LogP contribution >= 0.6 is 0 Å². The third-order valence-corrected chi connectivity index (χ3v) is 3.67. The number of hydrogen-bond acceptors (Lipinski definition) is 3. The molecule has 2 aromatic rings. The molecule has 5 nitrogen and oxygen atoms in total. The van der Waals surface area contributed by atoms with Gasteiger partial charge in [0.05, 0.1) is 23.7 Å². The summed E-state index contributed by atoms with van der Waals surface area (Å²) in [6.45, 7) is 0.730. The molecule has 0 aliphatic carbocycles. The van der Waals surface area contributed by atoms with Crippen molar-refractivity contribution in [3.63, 3.8) is 0 Å². The van der Waals surface area contributed by atoms with E-state index in [0.29, 0.717) is 6.07 Å². The summed E-state index contributed by atoms with van der Waals surface area (Å²) in [5, 5.41) is 4.59. The Morgan fingerprint density at radius 3 is 2.45 bits per heavy atom. The quantitative estimate of drug-likeness (QED) is 0.681. The van der Waals surface area contributed by atoms with Crippen molar-refractivity contribution in [3.05, 3.63) is 65.2 Å². The monoisotopic (exact) mass is 416 g/mol. The second kappa shape index (κ2) is 9.35. The molecule has 0 saturated heterocycles. The zero-order valence-corrected chi connectivity index (χ0v) is 15.1. The molecule has 1 atom stereocenters. The Balaban J connectivity index is 1.83. The van der Waals surface area contributed by atoms with Crippen molar-refractivity contribution in [2.45, 2.75) is 19.1 Å². The van der Waals surface area contributed by atoms with Crippen LogP contribution in [0.1, 0.15) is 22.8 Å². The average Bonchev–Trinajstić information content (AvgIpc) is 2.64. The van der Waals surface area contributed by atoms with Gasteiger partial charge in [0, 0.05) is 6.07 Å². The van der Waals surface area contributed by atoms with Crippen molar-refractivity contribution in [2.24, 2.45) is 0 Å². The van der Waals surface area contributed by atoms with Crippen molar-refractivity contribution in [1.82, 2.24) is 10.6 Å². The largest absolute Gasteiger partial charge is 0.491 e. The molecule has 29 heavy (non-hydrogen) atoms. The molecule has 156 valence electrons. The van der Waals surface area contributed by atoms with Gasteiger partial charge in [-0.25, -0.2) is 8.78 Å². The van der Waals surface area contributed by atoms with Gasteiger partial charge in [0.15, 0.2) is 0 Å². The summed E-state index contributed by atoms with van der Waals surface area (Å²) in [4.78, 5) is 23.7. The lowest BCUT2D eigenvalue weighted by molar-refractivity contribution is -0.139. The fraction of sp³-hybridized carbons (Fsp3) is 0.263. The van der Waals surface area contributed by atoms with Crippen LogP contribution in [0.4, 0.5) is 22.0 Å². The number of ether oxygens (including phenoxy) is 1. The minimum atomic E-state index is -4.58. The van der Waals surface area contributed by atoms with Gasteiger partial charge in [0.25, 0.3) is 5.91 Å². The molecule has 0 aliphatic heterocycles. The van der Waals surface area contributed by atoms with Crippen LogP contribution in [-0.2, 0) is 11.0 Å². The zero-order valence-electron chi connectivity index (χ0n) is 15.1. The summed E-state index contributed by atoms with van der Waals surface area (Å²) in [5.41, 5.74) is -1.37. The first-order valence-corrected chi connectivity index (χ1v) is 8.39. The summed E-state index contributed by atoms with van der Waals surface area (Å²) >= 11 is 0. The summed E-state index contributed by atoms with van der Waals surface area (Å²) < 4.78 is 70.2. The highest BCUT2D eigenvalue weighted by atomic mass is 19.4. The molecule has 0 fully saturated rings. The van der Waals surface area contributed by atoms with Crippen LogP contribution < -0.4 is 15.4 Å². The predicted molar refractivity (Wildman–Crippen MR) is 93.2 cm³/mol. The second-order valence-corrected chi connectivity index (χ2v) is 6.08. The van der Waals surface area contributed by atoms with E-state index >= 15 is 0 Å². The normalized spacial score (nSPS) is 12.2. The molecule has 0 bridgehead atoms. The van der Waals surface area contributed by atoms with Crippen LogP contribution in [0, 0.1) is 11.6 Å². The summed E-state index contributed by atoms with van der Waals surface area (Å²) in [7, 11) is 0. The molecule has 0 radical (unpaired) electrons. The van der Waals surface area contributed by atoms with Gasteiger partial charge in [-0.1, -0.05) is 12.1 Å². The van der Waals surface area contributed by atoms with Gasteiger partial charge >= 0.3 is 6.18 Å². The lowest BCUT2D eigenvalue weighted by atomic mass is 10.2. The number of alkyl halides is 3. The number of carbonyl (C=O) groups excluding carboxylic acids is 2. The van der Waals surface area contributed by atoms with E-state index in [1.807, 2.05) is 0 Å². The number of para-hydroxylation sites is 1. The number of halogens is 5. The zero-order chi connectivity index (χ0) is 21.6. The number of amides is 2. The molecular formula is C19H17F5N2O3. The van der Waals surface area contributed by atoms with E-state index in [4.69, 9.17) is 4.74 Å². The Bertz CT molecular complexity index is 886. The molecule has 0 heterocycles. The SMILES string of the molecule is CC(COc1ccccc1C(F)(F)F)NC(=O)CNC(=O)c1ccc(F)cc1F. The lowest BCUT2D eigenvalue weighted by Crippen LogP contribution is -2.43. The highest BCUT2D eigenvalue weighted by Crippen LogP contribution is 2.35. The van der Waals surface area contributed by atoms with Crippen molar-refractivity contribution in [1.29, 1.82) is 0 Å². The van der Waals surface area contributed by atoms with Gasteiger partial charge in [0.1, 0.15) is 24.0 Å². The van der Waals surface area contributed by atoms with E-state index in [9.17, 15) is 31.5 Å². The average molecular weight is 416 g/mol. The standard InChI is InChI=1S/C19H17F5N2O3/c1-11(10-29-16-5-3-2-4-14(16)19(22,23)24)26-17(27)9-25-18(28)13-7-6-12(20)8-15(13)21/h2-8,11H,9-10H2,1H3,(H,25,28)(H,26,27). The van der Waals surface area contributed by atoms with Gasteiger partial charge in [-0.2, -0.15) is 13.2 Å². The minimum absolute atomic E-state index is 0.251. The van der Waals surface area contributed by atoms with Crippen molar-refractivity contribution < 1.29 is 36.3 Å². The Labute approximate surface area is 162 Å². The molecule has 2 rings (SSSR count). The first-order chi connectivity index (χ1) is 13.6. The van der Waals surface area contributed by atoms with Gasteiger partial charge in [-0.05, 0) is 31.2 Å². The van der Waals surface area contributed by atoms with Crippen LogP contribution in [0.2, 0.25) is 0 Å². The molecule has 1 unspecified atom stereocenters. The maximum Gasteiger partial charge on any atom is 0.419 e. The third-order valence-electron chi connectivity index (χ3n) is 3.67. The molecule has 0 aromatic heterocycles. The Hall–Kier alpha value is -3.17. The summed E-state index contributed by atoms with van der Waals surface area (Å²) in [6, 6.07) is 6.35. The Morgan fingerprint density at radius 2 is 1.79 bits per heavy atom. The van der Waals surface area contributed by atoms with E-state index in [1.54, 1.807) is 0 Å². The molecule has 0 aliphatic rings. The fourth-order valence-electron chi connectivity index (χ4n) is 2.34. The number of nitrogens with one attached hydrogen (secondary N) is 2. The van der Waals surface area contributed by atoms with Crippen LogP contribution in [0.15, 0.2) is 42.5 Å². The molecule has 2 amide bonds. The molecule has 10 heteroatoms. The molecule has 2 aromatic carbocycles. The van der Waals surface area contributed by atoms with Gasteiger partial charge < -0.3 is 15.4 Å². The number of hydrogen-bond donors (Lipinski definition) is 2. The topological polar surface area (TPSA) is 67.4 Å². The molecular weight excluding hydrogens is 399 g/mol.